The molecule has 0 unspecified atom stereocenters. The number of likely N-dealkylation sites (N-methyl/N-ethyl adjacent to an activating group) is 1. The average molecular weight is 217 g/mol. The quantitative estimate of drug-likeness (QED) is 0.512. The number of carbonyl (C=O) groups is 2. The molecule has 0 aliphatic carbocycles. The Morgan fingerprint density at radius 2 is 2.00 bits per heavy atom. The second kappa shape index (κ2) is 8.05. The van der Waals surface area contributed by atoms with Gasteiger partial charge in [0.25, 0.3) is 0 Å². The van der Waals surface area contributed by atoms with Gasteiger partial charge in [0.2, 0.25) is 0 Å². The van der Waals surface area contributed by atoms with E-state index in [1.54, 1.807) is 0 Å². The van der Waals surface area contributed by atoms with Crippen LogP contribution in [0.25, 0.3) is 0 Å². The van der Waals surface area contributed by atoms with Crippen LogP contribution in [-0.4, -0.2) is 55.2 Å². The Morgan fingerprint density at radius 3 is 2.53 bits per heavy atom. The minimum Gasteiger partial charge on any atom is -0.480 e. The minimum atomic E-state index is -1.01. The SMILES string of the molecule is CCNCCCNC(=O)N(C)CC(=O)O. The molecule has 0 aromatic heterocycles. The van der Waals surface area contributed by atoms with E-state index >= 15 is 0 Å². The van der Waals surface area contributed by atoms with E-state index in [4.69, 9.17) is 5.11 Å². The van der Waals surface area contributed by atoms with Crippen LogP contribution in [0, 0.1) is 0 Å². The maximum Gasteiger partial charge on any atom is 0.323 e. The topological polar surface area (TPSA) is 81.7 Å². The number of hydrogen-bond donors (Lipinski definition) is 3. The van der Waals surface area contributed by atoms with E-state index in [2.05, 4.69) is 10.6 Å². The summed E-state index contributed by atoms with van der Waals surface area (Å²) in [7, 11) is 1.45. The smallest absolute Gasteiger partial charge is 0.323 e. The molecule has 0 aromatic carbocycles. The number of amides is 2. The van der Waals surface area contributed by atoms with Crippen molar-refractivity contribution in [1.82, 2.24) is 15.5 Å². The van der Waals surface area contributed by atoms with Gasteiger partial charge in [0, 0.05) is 13.6 Å². The number of rotatable bonds is 7. The van der Waals surface area contributed by atoms with E-state index < -0.39 is 5.97 Å². The van der Waals surface area contributed by atoms with Gasteiger partial charge < -0.3 is 20.6 Å². The van der Waals surface area contributed by atoms with Crippen molar-refractivity contribution < 1.29 is 14.7 Å². The fourth-order valence-corrected chi connectivity index (χ4v) is 0.995. The molecule has 0 aromatic rings. The molecule has 0 aliphatic heterocycles. The number of hydrogen-bond acceptors (Lipinski definition) is 3. The fourth-order valence-electron chi connectivity index (χ4n) is 0.995. The molecule has 3 N–H and O–H groups in total. The number of carboxylic acid groups (broad SMARTS) is 1. The number of carbonyl (C=O) groups excluding carboxylic acids is 1. The Labute approximate surface area is 89.6 Å². The first-order chi connectivity index (χ1) is 7.07. The van der Waals surface area contributed by atoms with Crippen LogP contribution in [-0.2, 0) is 4.79 Å². The van der Waals surface area contributed by atoms with Crippen molar-refractivity contribution in [3.05, 3.63) is 0 Å². The Hall–Kier alpha value is -1.30. The maximum atomic E-state index is 11.2. The molecule has 0 rings (SSSR count). The average Bonchev–Trinajstić information content (AvgIpc) is 2.16. The third-order valence-corrected chi connectivity index (χ3v) is 1.78. The van der Waals surface area contributed by atoms with Crippen molar-refractivity contribution in [2.45, 2.75) is 13.3 Å². The van der Waals surface area contributed by atoms with E-state index in [1.165, 1.54) is 7.05 Å². The van der Waals surface area contributed by atoms with Gasteiger partial charge in [-0.25, -0.2) is 4.79 Å². The zero-order chi connectivity index (χ0) is 11.7. The first-order valence-corrected chi connectivity index (χ1v) is 4.99. The molecular formula is C9H19N3O3. The lowest BCUT2D eigenvalue weighted by molar-refractivity contribution is -0.137. The van der Waals surface area contributed by atoms with Crippen molar-refractivity contribution in [3.63, 3.8) is 0 Å². The molecule has 6 heteroatoms. The second-order valence-corrected chi connectivity index (χ2v) is 3.19. The molecule has 2 amide bonds. The van der Waals surface area contributed by atoms with Gasteiger partial charge in [-0.05, 0) is 19.5 Å². The zero-order valence-electron chi connectivity index (χ0n) is 9.25. The highest BCUT2D eigenvalue weighted by Gasteiger charge is 2.10. The maximum absolute atomic E-state index is 11.2. The summed E-state index contributed by atoms with van der Waals surface area (Å²) < 4.78 is 0. The predicted octanol–water partition coefficient (Wildman–Crippen LogP) is -0.288. The van der Waals surface area contributed by atoms with Crippen molar-refractivity contribution in [2.24, 2.45) is 0 Å². The standard InChI is InChI=1S/C9H19N3O3/c1-3-10-5-4-6-11-9(15)12(2)7-8(13)14/h10H,3-7H2,1-2H3,(H,11,15)(H,13,14). The third-order valence-electron chi connectivity index (χ3n) is 1.78. The largest absolute Gasteiger partial charge is 0.480 e. The molecule has 0 aliphatic rings. The van der Waals surface area contributed by atoms with Gasteiger partial charge in [0.15, 0.2) is 0 Å². The Kier molecular flexibility index (Phi) is 7.35. The molecule has 0 bridgehead atoms. The van der Waals surface area contributed by atoms with E-state index in [9.17, 15) is 9.59 Å². The number of carboxylic acids is 1. The van der Waals surface area contributed by atoms with E-state index in [0.717, 1.165) is 24.4 Å². The van der Waals surface area contributed by atoms with Gasteiger partial charge in [-0.1, -0.05) is 6.92 Å². The number of nitrogens with one attached hydrogen (secondary N) is 2. The monoisotopic (exact) mass is 217 g/mol. The molecule has 0 spiro atoms. The number of urea groups is 1. The van der Waals surface area contributed by atoms with Gasteiger partial charge in [0.05, 0.1) is 0 Å². The van der Waals surface area contributed by atoms with Crippen LogP contribution in [0.4, 0.5) is 4.79 Å². The van der Waals surface area contributed by atoms with Crippen molar-refractivity contribution >= 4 is 12.0 Å². The first-order valence-electron chi connectivity index (χ1n) is 4.99. The summed E-state index contributed by atoms with van der Waals surface area (Å²) in [6, 6.07) is -0.353. The van der Waals surface area contributed by atoms with E-state index in [1.807, 2.05) is 6.92 Å². The van der Waals surface area contributed by atoms with E-state index in [-0.39, 0.29) is 12.6 Å². The zero-order valence-corrected chi connectivity index (χ0v) is 9.25. The Balaban J connectivity index is 3.51. The molecule has 6 nitrogen and oxygen atoms in total. The molecule has 0 heterocycles. The van der Waals surface area contributed by atoms with Crippen LogP contribution >= 0.6 is 0 Å². The highest BCUT2D eigenvalue weighted by molar-refractivity contribution is 5.79. The summed E-state index contributed by atoms with van der Waals surface area (Å²) in [6.07, 6.45) is 0.834. The molecule has 0 fully saturated rings. The number of aliphatic carboxylic acids is 1. The van der Waals surface area contributed by atoms with Gasteiger partial charge >= 0.3 is 12.0 Å². The molecule has 0 saturated heterocycles. The predicted molar refractivity (Wildman–Crippen MR) is 56.8 cm³/mol. The Morgan fingerprint density at radius 1 is 1.33 bits per heavy atom. The van der Waals surface area contributed by atoms with Crippen LogP contribution in [0.3, 0.4) is 0 Å². The summed E-state index contributed by atoms with van der Waals surface area (Å²) in [5.74, 6) is -1.01. The molecule has 0 atom stereocenters. The third kappa shape index (κ3) is 7.75. The molecule has 15 heavy (non-hydrogen) atoms. The highest BCUT2D eigenvalue weighted by atomic mass is 16.4. The van der Waals surface area contributed by atoms with Crippen molar-refractivity contribution in [1.29, 1.82) is 0 Å². The molecular weight excluding hydrogens is 198 g/mol. The molecule has 0 radical (unpaired) electrons. The van der Waals surface area contributed by atoms with Gasteiger partial charge in [-0.3, -0.25) is 4.79 Å². The van der Waals surface area contributed by atoms with Crippen molar-refractivity contribution in [3.8, 4) is 0 Å². The van der Waals surface area contributed by atoms with Gasteiger partial charge in [0.1, 0.15) is 6.54 Å². The lowest BCUT2D eigenvalue weighted by Gasteiger charge is -2.15. The van der Waals surface area contributed by atoms with E-state index in [0.29, 0.717) is 6.54 Å². The summed E-state index contributed by atoms with van der Waals surface area (Å²) in [5.41, 5.74) is 0. The minimum absolute atomic E-state index is 0.279. The summed E-state index contributed by atoms with van der Waals surface area (Å²) in [4.78, 5) is 22.7. The van der Waals surface area contributed by atoms with Gasteiger partial charge in [-0.15, -0.1) is 0 Å². The number of nitrogens with zero attached hydrogens (tertiary/aromatic N) is 1. The van der Waals surface area contributed by atoms with Crippen LogP contribution in [0.15, 0.2) is 0 Å². The summed E-state index contributed by atoms with van der Waals surface area (Å²) >= 11 is 0. The van der Waals surface area contributed by atoms with Crippen molar-refractivity contribution in [2.75, 3.05) is 33.2 Å². The lowest BCUT2D eigenvalue weighted by atomic mass is 10.4. The van der Waals surface area contributed by atoms with Crippen LogP contribution < -0.4 is 10.6 Å². The lowest BCUT2D eigenvalue weighted by Crippen LogP contribution is -2.40. The first kappa shape index (κ1) is 13.7. The highest BCUT2D eigenvalue weighted by Crippen LogP contribution is 1.84. The fraction of sp³-hybridized carbons (Fsp3) is 0.778. The summed E-state index contributed by atoms with van der Waals surface area (Å²) in [5, 5.41) is 14.2. The van der Waals surface area contributed by atoms with Crippen LogP contribution in [0.1, 0.15) is 13.3 Å². The Bertz CT molecular complexity index is 209. The van der Waals surface area contributed by atoms with Crippen LogP contribution in [0.5, 0.6) is 0 Å². The normalized spacial score (nSPS) is 9.73. The molecule has 0 saturated carbocycles. The van der Waals surface area contributed by atoms with Gasteiger partial charge in [-0.2, -0.15) is 0 Å². The molecule has 88 valence electrons. The second-order valence-electron chi connectivity index (χ2n) is 3.19. The van der Waals surface area contributed by atoms with Crippen LogP contribution in [0.2, 0.25) is 0 Å². The summed E-state index contributed by atoms with van der Waals surface area (Å²) in [6.45, 7) is 4.04.